The molecule has 0 amide bonds. The van der Waals surface area contributed by atoms with E-state index in [1.165, 1.54) is 52.1 Å². The Balaban J connectivity index is 5.92. The summed E-state index contributed by atoms with van der Waals surface area (Å²) >= 11 is 7.95. The van der Waals surface area contributed by atoms with E-state index in [1.54, 1.807) is 0 Å². The van der Waals surface area contributed by atoms with Crippen molar-refractivity contribution in [3.8, 4) is 0 Å². The molecule has 0 aliphatic carbocycles. The molecular weight excluding hydrogens is 380 g/mol. The van der Waals surface area contributed by atoms with E-state index in [9.17, 15) is 0 Å². The Bertz CT molecular complexity index is 225. The molecule has 4 heteroatoms. The minimum Gasteiger partial charge on any atom is -0.263 e. The predicted octanol–water partition coefficient (Wildman–Crippen LogP) is 4.96. The van der Waals surface area contributed by atoms with Crippen LogP contribution in [0.5, 0.6) is 0 Å². The lowest BCUT2D eigenvalue weighted by atomic mass is 10.1. The highest BCUT2D eigenvalue weighted by Crippen LogP contribution is 2.44. The summed E-state index contributed by atoms with van der Waals surface area (Å²) in [6.07, 6.45) is 2.45. The molecule has 0 saturated heterocycles. The van der Waals surface area contributed by atoms with Gasteiger partial charge in [-0.3, -0.25) is 8.97 Å². The largest absolute Gasteiger partial charge is 0.280 e. The summed E-state index contributed by atoms with van der Waals surface area (Å²) in [5, 5.41) is 1.09. The van der Waals surface area contributed by atoms with E-state index >= 15 is 0 Å². The molecule has 2 nitrogen and oxygen atoms in total. The van der Waals surface area contributed by atoms with Crippen LogP contribution in [0.2, 0.25) is 0 Å². The van der Waals surface area contributed by atoms with E-state index in [4.69, 9.17) is 0 Å². The molecule has 0 heterocycles. The second-order valence-corrected chi connectivity index (χ2v) is 7.76. The third-order valence-corrected chi connectivity index (χ3v) is 8.18. The number of hydrogen-bond acceptors (Lipinski definition) is 0. The van der Waals surface area contributed by atoms with Gasteiger partial charge in [0.05, 0.1) is 61.6 Å². The predicted molar refractivity (Wildman–Crippen MR) is 98.5 cm³/mol. The van der Waals surface area contributed by atoms with E-state index < -0.39 is 0 Å². The fraction of sp³-hybridized carbons (Fsp3) is 1.00. The highest BCUT2D eigenvalue weighted by Gasteiger charge is 2.59. The van der Waals surface area contributed by atoms with E-state index in [1.807, 2.05) is 0 Å². The topological polar surface area (TPSA) is 0 Å². The van der Waals surface area contributed by atoms with Gasteiger partial charge in [0.25, 0.3) is 4.57 Å². The average molecular weight is 416 g/mol. The van der Waals surface area contributed by atoms with Crippen molar-refractivity contribution >= 4 is 31.9 Å². The van der Waals surface area contributed by atoms with Crippen LogP contribution >= 0.6 is 31.9 Å². The number of alkyl halides is 2. The average Bonchev–Trinajstić information content (AvgIpc) is 2.49. The van der Waals surface area contributed by atoms with E-state index in [0.717, 1.165) is 14.3 Å². The highest BCUT2D eigenvalue weighted by molar-refractivity contribution is 9.10. The molecule has 0 aromatic carbocycles. The molecule has 0 atom stereocenters. The van der Waals surface area contributed by atoms with Gasteiger partial charge in [0.1, 0.15) is 0 Å². The van der Waals surface area contributed by atoms with Crippen LogP contribution in [-0.4, -0.2) is 58.1 Å². The smallest absolute Gasteiger partial charge is 0.263 e. The molecule has 122 valence electrons. The maximum Gasteiger partial charge on any atom is 0.280 e. The van der Waals surface area contributed by atoms with Crippen LogP contribution in [0, 0.1) is 0 Å². The molecule has 20 heavy (non-hydrogen) atoms. The van der Waals surface area contributed by atoms with Crippen LogP contribution in [0.25, 0.3) is 0 Å². The van der Waals surface area contributed by atoms with E-state index in [0.29, 0.717) is 0 Å². The van der Waals surface area contributed by atoms with Gasteiger partial charge in [-0.1, -0.05) is 15.9 Å². The van der Waals surface area contributed by atoms with Gasteiger partial charge in [-0.15, -0.1) is 0 Å². The van der Waals surface area contributed by atoms with E-state index in [-0.39, 0.29) is 4.57 Å². The first-order valence-corrected chi connectivity index (χ1v) is 10.3. The Morgan fingerprint density at radius 3 is 1.20 bits per heavy atom. The summed E-state index contributed by atoms with van der Waals surface area (Å²) in [5.74, 6) is 0. The Kier molecular flexibility index (Phi) is 9.52. The molecule has 0 aromatic heterocycles. The Hall–Kier alpha value is 0.880. The van der Waals surface area contributed by atoms with Crippen LogP contribution in [0.3, 0.4) is 0 Å². The molecule has 0 unspecified atom stereocenters. The fourth-order valence-electron chi connectivity index (χ4n) is 4.01. The number of hydrogen-bond donors (Lipinski definition) is 0. The molecule has 0 radical (unpaired) electrons. The fourth-order valence-corrected chi connectivity index (χ4v) is 6.08. The summed E-state index contributed by atoms with van der Waals surface area (Å²) in [6, 6.07) is 0. The molecule has 0 aliphatic rings. The van der Waals surface area contributed by atoms with Gasteiger partial charge in [0.15, 0.2) is 0 Å². The molecule has 0 bridgehead atoms. The molecule has 0 spiro atoms. The minimum atomic E-state index is 0.136. The zero-order valence-corrected chi connectivity index (χ0v) is 17.7. The van der Waals surface area contributed by atoms with Gasteiger partial charge >= 0.3 is 0 Å². The summed E-state index contributed by atoms with van der Waals surface area (Å²) in [7, 11) is 0. The monoisotopic (exact) mass is 414 g/mol. The van der Waals surface area contributed by atoms with Gasteiger partial charge < -0.3 is 0 Å². The summed E-state index contributed by atoms with van der Waals surface area (Å²) in [6.45, 7) is 21.3. The maximum absolute atomic E-state index is 4.32. The van der Waals surface area contributed by atoms with Gasteiger partial charge in [0.2, 0.25) is 0 Å². The highest BCUT2D eigenvalue weighted by atomic mass is 79.9. The minimum absolute atomic E-state index is 0.136. The molecular formula is C16H36Br2N2+2. The second-order valence-electron chi connectivity index (χ2n) is 5.70. The first-order valence-electron chi connectivity index (χ1n) is 8.40. The zero-order chi connectivity index (χ0) is 15.9. The number of halogens is 2. The van der Waals surface area contributed by atoms with Crippen LogP contribution in [0.15, 0.2) is 0 Å². The van der Waals surface area contributed by atoms with Crippen molar-refractivity contribution in [3.05, 3.63) is 0 Å². The Morgan fingerprint density at radius 2 is 1.00 bits per heavy atom. The first kappa shape index (κ1) is 20.9. The van der Waals surface area contributed by atoms with Gasteiger partial charge in [0, 0.05) is 5.33 Å². The zero-order valence-electron chi connectivity index (χ0n) is 14.5. The van der Waals surface area contributed by atoms with Crippen molar-refractivity contribution in [2.24, 2.45) is 0 Å². The SMILES string of the molecule is CC[N+](CC)(CC)C(Br)(CCCBr)[N+](CC)(CC)CC. The van der Waals surface area contributed by atoms with Crippen LogP contribution in [0.1, 0.15) is 54.4 Å². The molecule has 0 aromatic rings. The summed E-state index contributed by atoms with van der Waals surface area (Å²) in [5.41, 5.74) is 0. The molecule has 0 aliphatic heterocycles. The normalized spacial score (nSPS) is 13.8. The van der Waals surface area contributed by atoms with Gasteiger partial charge in [-0.25, -0.2) is 0 Å². The van der Waals surface area contributed by atoms with Crippen molar-refractivity contribution in [2.75, 3.05) is 44.6 Å². The van der Waals surface area contributed by atoms with Crippen molar-refractivity contribution in [3.63, 3.8) is 0 Å². The quantitative estimate of drug-likeness (QED) is 0.193. The van der Waals surface area contributed by atoms with Crippen molar-refractivity contribution in [2.45, 2.75) is 59.0 Å². The molecule has 0 N–H and O–H groups in total. The molecule has 0 rings (SSSR count). The van der Waals surface area contributed by atoms with Crippen molar-refractivity contribution in [1.29, 1.82) is 0 Å². The Labute approximate surface area is 144 Å². The van der Waals surface area contributed by atoms with Gasteiger partial charge in [-0.05, 0) is 48.0 Å². The van der Waals surface area contributed by atoms with E-state index in [2.05, 4.69) is 73.4 Å². The van der Waals surface area contributed by atoms with Crippen LogP contribution in [0.4, 0.5) is 0 Å². The standard InChI is InChI=1S/C16H36Br2N2/c1-7-19(8-2,9-3)16(18,14-13-15-17)20(10-4,11-5)12-6/h7-15H2,1-6H3/q+2. The first-order chi connectivity index (χ1) is 9.42. The third kappa shape index (κ3) is 3.44. The van der Waals surface area contributed by atoms with Gasteiger partial charge in [-0.2, -0.15) is 0 Å². The third-order valence-electron chi connectivity index (χ3n) is 5.71. The van der Waals surface area contributed by atoms with Crippen LogP contribution in [-0.2, 0) is 0 Å². The van der Waals surface area contributed by atoms with Crippen LogP contribution < -0.4 is 0 Å². The lowest BCUT2D eigenvalue weighted by Crippen LogP contribution is -2.76. The maximum atomic E-state index is 4.32. The van der Waals surface area contributed by atoms with Crippen molar-refractivity contribution < 1.29 is 8.97 Å². The summed E-state index contributed by atoms with van der Waals surface area (Å²) in [4.78, 5) is 0. The molecule has 0 fully saturated rings. The van der Waals surface area contributed by atoms with Crippen molar-refractivity contribution in [1.82, 2.24) is 0 Å². The Morgan fingerprint density at radius 1 is 0.700 bits per heavy atom. The lowest BCUT2D eigenvalue weighted by molar-refractivity contribution is -1.14. The lowest BCUT2D eigenvalue weighted by Gasteiger charge is -2.58. The number of quaternary nitrogens is 2. The molecule has 0 saturated carbocycles. The number of nitrogens with zero attached hydrogens (tertiary/aromatic N) is 2. The number of rotatable bonds is 11. The second kappa shape index (κ2) is 9.12. The summed E-state index contributed by atoms with van der Waals surface area (Å²) < 4.78 is 2.46.